The molecule has 0 bridgehead atoms. The first kappa shape index (κ1) is 14.9. The third-order valence-electron chi connectivity index (χ3n) is 2.60. The average Bonchev–Trinajstić information content (AvgIpc) is 2.40. The Hall–Kier alpha value is -2.11. The number of carbonyl (C=O) groups excluding carboxylic acids is 1. The quantitative estimate of drug-likeness (QED) is 0.625. The second kappa shape index (κ2) is 7.35. The van der Waals surface area contributed by atoms with Crippen molar-refractivity contribution in [3.05, 3.63) is 30.1 Å². The van der Waals surface area contributed by atoms with Crippen molar-refractivity contribution in [3.8, 4) is 0 Å². The van der Waals surface area contributed by atoms with Crippen molar-refractivity contribution < 1.29 is 9.18 Å². The molecule has 0 aliphatic heterocycles. The third kappa shape index (κ3) is 4.95. The Morgan fingerprint density at radius 1 is 1.32 bits per heavy atom. The fourth-order valence-corrected chi connectivity index (χ4v) is 1.53. The molecule has 0 fully saturated rings. The van der Waals surface area contributed by atoms with Crippen LogP contribution in [0.1, 0.15) is 13.8 Å². The van der Waals surface area contributed by atoms with E-state index in [0.717, 1.165) is 13.1 Å². The Morgan fingerprint density at radius 2 is 1.89 bits per heavy atom. The predicted octanol–water partition coefficient (Wildman–Crippen LogP) is 1.42. The van der Waals surface area contributed by atoms with Crippen LogP contribution in [-0.2, 0) is 4.79 Å². The van der Waals surface area contributed by atoms with Gasteiger partial charge in [-0.1, -0.05) is 0 Å². The Bertz CT molecular complexity index is 440. The molecule has 0 saturated carbocycles. The van der Waals surface area contributed by atoms with Gasteiger partial charge in [0.15, 0.2) is 5.96 Å². The minimum atomic E-state index is -0.346. The number of amides is 1. The number of nitrogens with zero attached hydrogens (tertiary/aromatic N) is 2. The van der Waals surface area contributed by atoms with Gasteiger partial charge in [0, 0.05) is 18.8 Å². The minimum absolute atomic E-state index is 0.0558. The van der Waals surface area contributed by atoms with Crippen LogP contribution in [-0.4, -0.2) is 36.4 Å². The largest absolute Gasteiger partial charge is 0.370 e. The molecular weight excluding hydrogens is 247 g/mol. The molecule has 1 aromatic rings. The highest BCUT2D eigenvalue weighted by atomic mass is 19.1. The van der Waals surface area contributed by atoms with Gasteiger partial charge < -0.3 is 16.0 Å². The molecular formula is C13H19FN4O. The van der Waals surface area contributed by atoms with E-state index < -0.39 is 0 Å². The first-order chi connectivity index (χ1) is 9.06. The van der Waals surface area contributed by atoms with Gasteiger partial charge in [-0.15, -0.1) is 0 Å². The molecule has 3 N–H and O–H groups in total. The zero-order chi connectivity index (χ0) is 14.3. The molecule has 0 radical (unpaired) electrons. The highest BCUT2D eigenvalue weighted by Crippen LogP contribution is 2.07. The van der Waals surface area contributed by atoms with Gasteiger partial charge in [0.25, 0.3) is 0 Å². The predicted molar refractivity (Wildman–Crippen MR) is 74.4 cm³/mol. The number of nitrogens with one attached hydrogen (secondary N) is 1. The van der Waals surface area contributed by atoms with E-state index >= 15 is 0 Å². The van der Waals surface area contributed by atoms with Gasteiger partial charge in [0.05, 0.1) is 0 Å². The molecule has 104 valence electrons. The van der Waals surface area contributed by atoms with E-state index in [0.29, 0.717) is 11.6 Å². The molecule has 0 spiro atoms. The monoisotopic (exact) mass is 266 g/mol. The third-order valence-corrected chi connectivity index (χ3v) is 2.60. The second-order valence-electron chi connectivity index (χ2n) is 3.90. The van der Waals surface area contributed by atoms with Crippen LogP contribution in [0.5, 0.6) is 0 Å². The first-order valence-electron chi connectivity index (χ1n) is 6.17. The fourth-order valence-electron chi connectivity index (χ4n) is 1.53. The van der Waals surface area contributed by atoms with Crippen molar-refractivity contribution in [1.29, 1.82) is 0 Å². The molecule has 1 aromatic carbocycles. The highest BCUT2D eigenvalue weighted by molar-refractivity contribution is 5.93. The van der Waals surface area contributed by atoms with Crippen LogP contribution in [0.2, 0.25) is 0 Å². The summed E-state index contributed by atoms with van der Waals surface area (Å²) in [6, 6.07) is 5.54. The molecule has 6 heteroatoms. The van der Waals surface area contributed by atoms with Crippen LogP contribution >= 0.6 is 0 Å². The number of hydrogen-bond acceptors (Lipinski definition) is 2. The minimum Gasteiger partial charge on any atom is -0.370 e. The van der Waals surface area contributed by atoms with Gasteiger partial charge in [-0.25, -0.2) is 9.38 Å². The van der Waals surface area contributed by atoms with Crippen LogP contribution in [0.3, 0.4) is 0 Å². The van der Waals surface area contributed by atoms with E-state index in [1.165, 1.54) is 24.3 Å². The summed E-state index contributed by atoms with van der Waals surface area (Å²) in [6.45, 7) is 5.35. The number of guanidine groups is 1. The number of carbonyl (C=O) groups is 1. The van der Waals surface area contributed by atoms with Crippen molar-refractivity contribution in [2.45, 2.75) is 13.8 Å². The van der Waals surface area contributed by atoms with Crippen LogP contribution in [0, 0.1) is 5.82 Å². The van der Waals surface area contributed by atoms with Crippen molar-refractivity contribution in [1.82, 2.24) is 4.90 Å². The van der Waals surface area contributed by atoms with E-state index in [-0.39, 0.29) is 18.3 Å². The summed E-state index contributed by atoms with van der Waals surface area (Å²) in [5.74, 6) is -0.289. The molecule has 0 saturated heterocycles. The van der Waals surface area contributed by atoms with E-state index in [1.807, 2.05) is 18.7 Å². The zero-order valence-corrected chi connectivity index (χ0v) is 11.2. The summed E-state index contributed by atoms with van der Waals surface area (Å²) in [4.78, 5) is 17.5. The summed E-state index contributed by atoms with van der Waals surface area (Å²) in [5, 5.41) is 2.61. The highest BCUT2D eigenvalue weighted by Gasteiger charge is 2.05. The maximum absolute atomic E-state index is 12.7. The van der Waals surface area contributed by atoms with Crippen LogP contribution in [0.15, 0.2) is 29.3 Å². The van der Waals surface area contributed by atoms with Gasteiger partial charge in [0.1, 0.15) is 12.4 Å². The Morgan fingerprint density at radius 3 is 2.42 bits per heavy atom. The van der Waals surface area contributed by atoms with E-state index in [9.17, 15) is 9.18 Å². The Labute approximate surface area is 112 Å². The Kier molecular flexibility index (Phi) is 5.78. The summed E-state index contributed by atoms with van der Waals surface area (Å²) in [6.07, 6.45) is 0. The van der Waals surface area contributed by atoms with E-state index in [1.54, 1.807) is 0 Å². The second-order valence-corrected chi connectivity index (χ2v) is 3.90. The van der Waals surface area contributed by atoms with E-state index in [2.05, 4.69) is 10.3 Å². The molecule has 0 aromatic heterocycles. The number of aliphatic imine (C=N–C) groups is 1. The van der Waals surface area contributed by atoms with Crippen molar-refractivity contribution >= 4 is 17.6 Å². The average molecular weight is 266 g/mol. The number of halogens is 1. The van der Waals surface area contributed by atoms with Crippen molar-refractivity contribution in [3.63, 3.8) is 0 Å². The van der Waals surface area contributed by atoms with Gasteiger partial charge in [-0.3, -0.25) is 4.79 Å². The van der Waals surface area contributed by atoms with Crippen molar-refractivity contribution in [2.75, 3.05) is 25.0 Å². The smallest absolute Gasteiger partial charge is 0.246 e. The maximum atomic E-state index is 12.7. The molecule has 5 nitrogen and oxygen atoms in total. The molecule has 0 atom stereocenters. The van der Waals surface area contributed by atoms with Crippen LogP contribution in [0.4, 0.5) is 10.1 Å². The van der Waals surface area contributed by atoms with Gasteiger partial charge in [-0.2, -0.15) is 0 Å². The first-order valence-corrected chi connectivity index (χ1v) is 6.17. The Balaban J connectivity index is 2.51. The topological polar surface area (TPSA) is 70.7 Å². The molecule has 0 unspecified atom stereocenters. The number of benzene rings is 1. The summed E-state index contributed by atoms with van der Waals surface area (Å²) < 4.78 is 12.7. The summed E-state index contributed by atoms with van der Waals surface area (Å²) in [7, 11) is 0. The van der Waals surface area contributed by atoms with Crippen LogP contribution in [0.25, 0.3) is 0 Å². The lowest BCUT2D eigenvalue weighted by Crippen LogP contribution is -2.37. The number of anilines is 1. The number of rotatable bonds is 5. The molecule has 1 amide bonds. The summed E-state index contributed by atoms with van der Waals surface area (Å²) >= 11 is 0. The maximum Gasteiger partial charge on any atom is 0.246 e. The summed E-state index contributed by atoms with van der Waals surface area (Å²) in [5.41, 5.74) is 6.28. The molecule has 1 rings (SSSR count). The van der Waals surface area contributed by atoms with Crippen molar-refractivity contribution in [2.24, 2.45) is 10.7 Å². The van der Waals surface area contributed by atoms with E-state index in [4.69, 9.17) is 5.73 Å². The zero-order valence-electron chi connectivity index (χ0n) is 11.2. The normalized spacial score (nSPS) is 11.2. The number of nitrogens with two attached hydrogens (primary N) is 1. The van der Waals surface area contributed by atoms with Gasteiger partial charge in [0.2, 0.25) is 5.91 Å². The van der Waals surface area contributed by atoms with Gasteiger partial charge >= 0.3 is 0 Å². The van der Waals surface area contributed by atoms with Crippen LogP contribution < -0.4 is 11.1 Å². The lowest BCUT2D eigenvalue weighted by atomic mass is 10.3. The molecule has 0 heterocycles. The lowest BCUT2D eigenvalue weighted by Gasteiger charge is -2.19. The number of hydrogen-bond donors (Lipinski definition) is 2. The molecule has 0 aliphatic rings. The fraction of sp³-hybridized carbons (Fsp3) is 0.385. The lowest BCUT2D eigenvalue weighted by molar-refractivity contribution is -0.114. The molecule has 0 aliphatic carbocycles. The standard InChI is InChI=1S/C13H19FN4O/c1-3-18(4-2)13(15)16-9-12(19)17-11-7-5-10(14)6-8-11/h5-8H,3-4,9H2,1-2H3,(H2,15,16)(H,17,19). The molecule has 19 heavy (non-hydrogen) atoms. The SMILES string of the molecule is CCN(CC)C(N)=NCC(=O)Nc1ccc(F)cc1. The van der Waals surface area contributed by atoms with Gasteiger partial charge in [-0.05, 0) is 38.1 Å².